The molecule has 13 nitrogen and oxygen atoms in total. The minimum absolute atomic E-state index is 0. The van der Waals surface area contributed by atoms with Gasteiger partial charge in [-0.25, -0.2) is 4.79 Å². The van der Waals surface area contributed by atoms with Crippen molar-refractivity contribution >= 4 is 11.9 Å². The van der Waals surface area contributed by atoms with Crippen molar-refractivity contribution in [2.75, 3.05) is 13.2 Å². The maximum absolute atomic E-state index is 10.7. The second-order valence-electron chi connectivity index (χ2n) is 5.87. The Balaban J connectivity index is 0. The van der Waals surface area contributed by atoms with Crippen LogP contribution in [0.1, 0.15) is 13.3 Å². The molecule has 1 fully saturated rings. The van der Waals surface area contributed by atoms with Crippen LogP contribution in [0.2, 0.25) is 0 Å². The first-order chi connectivity index (χ1) is 12.5. The van der Waals surface area contributed by atoms with E-state index in [1.54, 1.807) is 0 Å². The zero-order valence-electron chi connectivity index (χ0n) is 15.2. The number of aliphatic hydroxyl groups excluding tert-OH is 8. The molecule has 1 aliphatic rings. The number of ether oxygens (including phenoxy) is 1. The van der Waals surface area contributed by atoms with Crippen LogP contribution in [0.4, 0.5) is 0 Å². The third-order valence-electron chi connectivity index (χ3n) is 3.66. The summed E-state index contributed by atoms with van der Waals surface area (Å²) in [5.74, 6) is -2.02. The normalized spacial score (nSPS) is 28.5. The van der Waals surface area contributed by atoms with Gasteiger partial charge in [-0.2, -0.15) is 0 Å². The van der Waals surface area contributed by atoms with Crippen LogP contribution < -0.4 is 5.32 Å². The molecule has 28 heavy (non-hydrogen) atoms. The first-order valence-corrected chi connectivity index (χ1v) is 7.91. The van der Waals surface area contributed by atoms with Gasteiger partial charge in [-0.05, 0) is 0 Å². The third kappa shape index (κ3) is 8.51. The minimum Gasteiger partial charge on any atom is -0.479 e. The number of amides is 1. The average molecular weight is 668 g/mol. The Morgan fingerprint density at radius 2 is 1.64 bits per heavy atom. The van der Waals surface area contributed by atoms with Gasteiger partial charge in [0.05, 0.1) is 25.4 Å². The molecule has 8 atom stereocenters. The molecule has 1 aliphatic heterocycles. The van der Waals surface area contributed by atoms with Crippen molar-refractivity contribution in [2.24, 2.45) is 0 Å². The van der Waals surface area contributed by atoms with Gasteiger partial charge in [-0.1, -0.05) is 0 Å². The van der Waals surface area contributed by atoms with Gasteiger partial charge in [0.2, 0.25) is 5.91 Å². The predicted octanol–water partition coefficient (Wildman–Crippen LogP) is -5.54. The van der Waals surface area contributed by atoms with E-state index in [-0.39, 0.29) is 18.9 Å². The first kappa shape index (κ1) is 27.8. The molecular weight excluding hydrogens is 641 g/mol. The number of rotatable bonds is 7. The second kappa shape index (κ2) is 12.9. The molecule has 0 aromatic rings. The molecule has 0 aromatic carbocycles. The fraction of sp³-hybridized carbons (Fsp3) is 0.857. The van der Waals surface area contributed by atoms with Crippen molar-refractivity contribution in [3.8, 4) is 0 Å². The quantitative estimate of drug-likeness (QED) is 0.122. The molecule has 1 saturated heterocycles. The molecule has 0 spiro atoms. The van der Waals surface area contributed by atoms with Crippen LogP contribution in [0, 0.1) is 0 Å². The van der Waals surface area contributed by atoms with E-state index < -0.39 is 61.5 Å². The number of carboxylic acid groups (broad SMARTS) is 1. The number of hydrogen-bond donors (Lipinski definition) is 10. The fourth-order valence-corrected chi connectivity index (χ4v) is 2.12. The molecule has 0 bridgehead atoms. The third-order valence-corrected chi connectivity index (χ3v) is 3.66. The van der Waals surface area contributed by atoms with Crippen LogP contribution in [0.5, 0.6) is 0 Å². The van der Waals surface area contributed by atoms with Gasteiger partial charge in [0.1, 0.15) is 24.4 Å². The number of aliphatic hydroxyl groups is 8. The van der Waals surface area contributed by atoms with Crippen LogP contribution in [-0.2, 0) is 14.3 Å². The van der Waals surface area contributed by atoms with Gasteiger partial charge in [0.25, 0.3) is 0 Å². The van der Waals surface area contributed by atoms with Crippen LogP contribution in [0.25, 0.3) is 0 Å². The van der Waals surface area contributed by atoms with Crippen LogP contribution in [0.15, 0.2) is 0 Å². The Bertz CT molecular complexity index is 470. The molecule has 162 valence electrons. The van der Waals surface area contributed by atoms with Crippen LogP contribution >= 0.6 is 0 Å². The van der Waals surface area contributed by atoms with Crippen LogP contribution in [-0.4, -0.2) is 120 Å². The number of carbonyl (C=O) groups is 2. The van der Waals surface area contributed by atoms with E-state index in [2.05, 4.69) is 5.32 Å². The van der Waals surface area contributed by atoms with Gasteiger partial charge >= 0.3 is 5.97 Å². The van der Waals surface area contributed by atoms with E-state index in [0.29, 0.717) is 0 Å². The van der Waals surface area contributed by atoms with E-state index in [1.165, 1.54) is 6.92 Å². The molecular formula is C14H27NO12Rf. The molecule has 0 aliphatic carbocycles. The monoisotopic (exact) mass is 668 g/mol. The molecule has 0 saturated carbocycles. The second-order valence-corrected chi connectivity index (χ2v) is 5.87. The van der Waals surface area contributed by atoms with Gasteiger partial charge in [-0.3, -0.25) is 4.79 Å². The van der Waals surface area contributed by atoms with E-state index in [0.717, 1.165) is 0 Å². The SMILES string of the molecule is CC(=O)NC1CC(O)[C@@H](CO)O[C@H]1O.O=C(O)[C@@H](O)C(O)[C@H](O)C(O)CO.[Rf]. The largest absolute Gasteiger partial charge is 0.479 e. The minimum atomic E-state index is -2.20. The Hall–Kier alpha value is -2.42. The summed E-state index contributed by atoms with van der Waals surface area (Å²) in [6, 6.07) is -0.620. The van der Waals surface area contributed by atoms with Crippen molar-refractivity contribution in [3.05, 3.63) is 0 Å². The summed E-state index contributed by atoms with van der Waals surface area (Å²) in [7, 11) is 0. The average Bonchev–Trinajstić information content (AvgIpc) is 2.61. The summed E-state index contributed by atoms with van der Waals surface area (Å²) < 4.78 is 4.90. The fourth-order valence-electron chi connectivity index (χ4n) is 2.12. The zero-order valence-corrected chi connectivity index (χ0v) is 21.6. The summed E-state index contributed by atoms with van der Waals surface area (Å²) in [5, 5.41) is 81.8. The van der Waals surface area contributed by atoms with Gasteiger partial charge in [0, 0.05) is 13.3 Å². The van der Waals surface area contributed by atoms with Gasteiger partial charge in [0.15, 0.2) is 12.4 Å². The van der Waals surface area contributed by atoms with Crippen molar-refractivity contribution in [1.82, 2.24) is 5.32 Å². The van der Waals surface area contributed by atoms with Gasteiger partial charge < -0.3 is 56.0 Å². The molecule has 0 radical (unpaired) electrons. The number of aliphatic carboxylic acids is 1. The Morgan fingerprint density at radius 1 is 1.11 bits per heavy atom. The number of carbonyl (C=O) groups excluding carboxylic acids is 1. The van der Waals surface area contributed by atoms with Crippen molar-refractivity contribution in [2.45, 2.75) is 62.3 Å². The zero-order chi connectivity index (χ0) is 21.3. The molecule has 10 N–H and O–H groups in total. The molecule has 0 aromatic heterocycles. The maximum atomic E-state index is 10.7. The molecule has 14 heteroatoms. The number of hydrogen-bond acceptors (Lipinski definition) is 11. The first-order valence-electron chi connectivity index (χ1n) is 7.91. The summed E-state index contributed by atoms with van der Waals surface area (Å²) in [4.78, 5) is 20.8. The van der Waals surface area contributed by atoms with E-state index in [4.69, 9.17) is 40.5 Å². The summed E-state index contributed by atoms with van der Waals surface area (Å²) in [6.45, 7) is 0.118. The Morgan fingerprint density at radius 3 is 2.04 bits per heavy atom. The summed E-state index contributed by atoms with van der Waals surface area (Å²) in [5.41, 5.74) is 0. The Labute approximate surface area is 154 Å². The van der Waals surface area contributed by atoms with Gasteiger partial charge in [-0.15, -0.1) is 0 Å². The summed E-state index contributed by atoms with van der Waals surface area (Å²) >= 11 is 0. The molecule has 1 amide bonds. The molecule has 1 heterocycles. The van der Waals surface area contributed by atoms with Crippen molar-refractivity contribution < 1.29 is 60.3 Å². The Kier molecular flexibility index (Phi) is 12.8. The summed E-state index contributed by atoms with van der Waals surface area (Å²) in [6.07, 6.45) is -10.5. The number of carboxylic acids is 1. The molecule has 4 unspecified atom stereocenters. The van der Waals surface area contributed by atoms with E-state index in [9.17, 15) is 19.8 Å². The standard InChI is InChI=1S/C8H15NO5.C6H12O7.Rf/c1-4(11)9-5-2-6(12)7(3-10)14-8(5)13;7-1-2(8)3(9)4(10)5(11)6(12)13;/h5-8,10,12-13H,2-3H2,1H3,(H,9,11);2-5,7-11H,1H2,(H,12,13);/t5?,6?,7-,8-;2?,3-,4?,5+;/m11./s1. The number of nitrogens with one attached hydrogen (secondary N) is 1. The molecule has 1 rings (SSSR count). The van der Waals surface area contributed by atoms with E-state index in [1.807, 2.05) is 0 Å². The predicted molar refractivity (Wildman–Crippen MR) is 84.9 cm³/mol. The maximum Gasteiger partial charge on any atom is 0.335 e. The van der Waals surface area contributed by atoms with Crippen LogP contribution in [0.3, 0.4) is 0 Å². The van der Waals surface area contributed by atoms with Crippen molar-refractivity contribution in [1.29, 1.82) is 0 Å². The van der Waals surface area contributed by atoms with E-state index >= 15 is 0 Å². The topological polar surface area (TPSA) is 237 Å². The van der Waals surface area contributed by atoms with Crippen molar-refractivity contribution in [3.63, 3.8) is 0 Å². The smallest absolute Gasteiger partial charge is 0.335 e.